The van der Waals surface area contributed by atoms with Crippen LogP contribution in [-0.2, 0) is 6.61 Å². The third-order valence-corrected chi connectivity index (χ3v) is 4.54. The lowest BCUT2D eigenvalue weighted by atomic mass is 10.1. The zero-order valence-corrected chi connectivity index (χ0v) is 16.3. The Bertz CT molecular complexity index is 1120. The van der Waals surface area contributed by atoms with Crippen molar-refractivity contribution in [2.24, 2.45) is 5.10 Å². The zero-order chi connectivity index (χ0) is 20.6. The third-order valence-electron chi connectivity index (χ3n) is 4.54. The highest BCUT2D eigenvalue weighted by Crippen LogP contribution is 2.15. The molecule has 1 heterocycles. The fraction of sp³-hybridized carbons (Fsp3) is 0.0400. The van der Waals surface area contributed by atoms with Crippen LogP contribution in [0, 0.1) is 0 Å². The lowest BCUT2D eigenvalue weighted by molar-refractivity contribution is 0.0955. The van der Waals surface area contributed by atoms with Gasteiger partial charge in [-0.25, -0.2) is 5.43 Å². The normalized spacial score (nSPS) is 10.8. The smallest absolute Gasteiger partial charge is 0.273 e. The van der Waals surface area contributed by atoms with Gasteiger partial charge in [0.25, 0.3) is 5.91 Å². The molecule has 30 heavy (non-hydrogen) atoms. The molecule has 4 rings (SSSR count). The largest absolute Gasteiger partial charge is 0.489 e. The predicted molar refractivity (Wildman–Crippen MR) is 118 cm³/mol. The van der Waals surface area contributed by atoms with E-state index in [1.807, 2.05) is 102 Å². The van der Waals surface area contributed by atoms with Crippen molar-refractivity contribution in [3.8, 4) is 11.4 Å². The molecule has 0 aliphatic rings. The molecule has 0 radical (unpaired) electrons. The van der Waals surface area contributed by atoms with Gasteiger partial charge in [0, 0.05) is 12.4 Å². The molecule has 0 atom stereocenters. The number of hydrazone groups is 1. The van der Waals surface area contributed by atoms with Crippen LogP contribution in [0.3, 0.4) is 0 Å². The van der Waals surface area contributed by atoms with Crippen LogP contribution in [0.5, 0.6) is 5.75 Å². The van der Waals surface area contributed by atoms with Crippen molar-refractivity contribution in [3.63, 3.8) is 0 Å². The SMILES string of the molecule is O=C(N/N=C/c1ccc(OCc2ccccc2)cc1)c1ccccc1-n1cccc1. The first-order chi connectivity index (χ1) is 14.8. The van der Waals surface area contributed by atoms with Gasteiger partial charge in [-0.15, -0.1) is 0 Å². The lowest BCUT2D eigenvalue weighted by Crippen LogP contribution is -2.19. The molecule has 4 aromatic rings. The van der Waals surface area contributed by atoms with Crippen LogP contribution in [0.25, 0.3) is 5.69 Å². The highest BCUT2D eigenvalue weighted by atomic mass is 16.5. The van der Waals surface area contributed by atoms with E-state index in [9.17, 15) is 4.79 Å². The van der Waals surface area contributed by atoms with Crippen LogP contribution in [0.2, 0.25) is 0 Å². The number of amides is 1. The molecule has 1 amide bonds. The van der Waals surface area contributed by atoms with Gasteiger partial charge in [-0.1, -0.05) is 42.5 Å². The maximum Gasteiger partial charge on any atom is 0.273 e. The Morgan fingerprint density at radius 2 is 1.57 bits per heavy atom. The summed E-state index contributed by atoms with van der Waals surface area (Å²) in [7, 11) is 0. The van der Waals surface area contributed by atoms with Gasteiger partial charge in [0.1, 0.15) is 12.4 Å². The van der Waals surface area contributed by atoms with E-state index >= 15 is 0 Å². The van der Waals surface area contributed by atoms with Crippen LogP contribution < -0.4 is 10.2 Å². The standard InChI is InChI=1S/C25H21N3O2/c29-25(23-10-4-5-11-24(23)28-16-6-7-17-28)27-26-18-20-12-14-22(15-13-20)30-19-21-8-2-1-3-9-21/h1-18H,19H2,(H,27,29)/b26-18+. The highest BCUT2D eigenvalue weighted by molar-refractivity contribution is 5.98. The van der Waals surface area contributed by atoms with Crippen molar-refractivity contribution in [3.05, 3.63) is 120 Å². The van der Waals surface area contributed by atoms with Crippen LogP contribution >= 0.6 is 0 Å². The maximum absolute atomic E-state index is 12.6. The zero-order valence-electron chi connectivity index (χ0n) is 16.3. The van der Waals surface area contributed by atoms with Gasteiger partial charge in [-0.2, -0.15) is 5.10 Å². The van der Waals surface area contributed by atoms with Gasteiger partial charge >= 0.3 is 0 Å². The number of aromatic nitrogens is 1. The molecule has 0 aliphatic carbocycles. The van der Waals surface area contributed by atoms with E-state index in [0.717, 1.165) is 22.6 Å². The molecule has 0 saturated carbocycles. The van der Waals surface area contributed by atoms with E-state index < -0.39 is 0 Å². The molecule has 0 saturated heterocycles. The van der Waals surface area contributed by atoms with E-state index in [4.69, 9.17) is 4.74 Å². The topological polar surface area (TPSA) is 55.6 Å². The number of nitrogens with one attached hydrogen (secondary N) is 1. The van der Waals surface area contributed by atoms with Gasteiger partial charge < -0.3 is 9.30 Å². The predicted octanol–water partition coefficient (Wildman–Crippen LogP) is 4.82. The van der Waals surface area contributed by atoms with Crippen molar-refractivity contribution in [2.75, 3.05) is 0 Å². The average Bonchev–Trinajstić information content (AvgIpc) is 3.34. The Hall–Kier alpha value is -4.12. The molecule has 0 spiro atoms. The van der Waals surface area contributed by atoms with Gasteiger partial charge in [0.2, 0.25) is 0 Å². The van der Waals surface area contributed by atoms with Crippen molar-refractivity contribution in [1.82, 2.24) is 9.99 Å². The summed E-state index contributed by atoms with van der Waals surface area (Å²) < 4.78 is 7.68. The van der Waals surface area contributed by atoms with Gasteiger partial charge in [-0.05, 0) is 59.7 Å². The minimum Gasteiger partial charge on any atom is -0.489 e. The first-order valence-electron chi connectivity index (χ1n) is 9.62. The average molecular weight is 395 g/mol. The van der Waals surface area contributed by atoms with Gasteiger partial charge in [-0.3, -0.25) is 4.79 Å². The quantitative estimate of drug-likeness (QED) is 0.360. The number of rotatable bonds is 7. The minimum atomic E-state index is -0.265. The molecule has 5 heteroatoms. The summed E-state index contributed by atoms with van der Waals surface area (Å²) in [5, 5.41) is 4.09. The van der Waals surface area contributed by atoms with Gasteiger partial charge in [0.15, 0.2) is 0 Å². The fourth-order valence-corrected chi connectivity index (χ4v) is 3.00. The van der Waals surface area contributed by atoms with E-state index in [1.165, 1.54) is 0 Å². The number of para-hydroxylation sites is 1. The number of ether oxygens (including phenoxy) is 1. The number of carbonyl (C=O) groups excluding carboxylic acids is 1. The molecule has 3 aromatic carbocycles. The second kappa shape index (κ2) is 9.39. The Kier molecular flexibility index (Phi) is 6.01. The molecule has 0 bridgehead atoms. The number of benzene rings is 3. The molecule has 0 fully saturated rings. The first kappa shape index (κ1) is 19.2. The molecule has 1 N–H and O–H groups in total. The van der Waals surface area contributed by atoms with Crippen molar-refractivity contribution in [1.29, 1.82) is 0 Å². The molecular formula is C25H21N3O2. The summed E-state index contributed by atoms with van der Waals surface area (Å²) >= 11 is 0. The monoisotopic (exact) mass is 395 g/mol. The number of hydrogen-bond donors (Lipinski definition) is 1. The van der Waals surface area contributed by atoms with Crippen LogP contribution in [0.4, 0.5) is 0 Å². The van der Waals surface area contributed by atoms with E-state index in [2.05, 4.69) is 10.5 Å². The third kappa shape index (κ3) is 4.83. The second-order valence-electron chi connectivity index (χ2n) is 6.65. The lowest BCUT2D eigenvalue weighted by Gasteiger charge is -2.09. The first-order valence-corrected chi connectivity index (χ1v) is 9.62. The van der Waals surface area contributed by atoms with Crippen molar-refractivity contribution >= 4 is 12.1 Å². The van der Waals surface area contributed by atoms with Gasteiger partial charge in [0.05, 0.1) is 17.5 Å². The maximum atomic E-state index is 12.6. The van der Waals surface area contributed by atoms with Crippen molar-refractivity contribution in [2.45, 2.75) is 6.61 Å². The molecule has 148 valence electrons. The summed E-state index contributed by atoms with van der Waals surface area (Å²) in [6, 6.07) is 28.8. The number of carbonyl (C=O) groups is 1. The molecule has 5 nitrogen and oxygen atoms in total. The van der Waals surface area contributed by atoms with E-state index in [1.54, 1.807) is 12.3 Å². The number of hydrogen-bond acceptors (Lipinski definition) is 3. The number of nitrogens with zero attached hydrogens (tertiary/aromatic N) is 2. The summed E-state index contributed by atoms with van der Waals surface area (Å²) in [4.78, 5) is 12.6. The van der Waals surface area contributed by atoms with Crippen LogP contribution in [0.1, 0.15) is 21.5 Å². The summed E-state index contributed by atoms with van der Waals surface area (Å²) in [6.45, 7) is 0.519. The Balaban J connectivity index is 1.35. The summed E-state index contributed by atoms with van der Waals surface area (Å²) in [5.74, 6) is 0.513. The Morgan fingerprint density at radius 3 is 2.33 bits per heavy atom. The van der Waals surface area contributed by atoms with Crippen LogP contribution in [0.15, 0.2) is 108 Å². The fourth-order valence-electron chi connectivity index (χ4n) is 3.00. The van der Waals surface area contributed by atoms with E-state index in [-0.39, 0.29) is 5.91 Å². The minimum absolute atomic E-state index is 0.265. The Labute approximate surface area is 175 Å². The summed E-state index contributed by atoms with van der Waals surface area (Å²) in [5.41, 5.74) is 5.93. The molecule has 1 aromatic heterocycles. The molecular weight excluding hydrogens is 374 g/mol. The molecule has 0 aliphatic heterocycles. The highest BCUT2D eigenvalue weighted by Gasteiger charge is 2.10. The molecule has 0 unspecified atom stereocenters. The summed E-state index contributed by atoms with van der Waals surface area (Å²) in [6.07, 6.45) is 5.41. The second-order valence-corrected chi connectivity index (χ2v) is 6.65. The van der Waals surface area contributed by atoms with E-state index in [0.29, 0.717) is 12.2 Å². The Morgan fingerprint density at radius 1 is 0.867 bits per heavy atom. The van der Waals surface area contributed by atoms with Crippen molar-refractivity contribution < 1.29 is 9.53 Å². The van der Waals surface area contributed by atoms with Crippen LogP contribution in [-0.4, -0.2) is 16.7 Å².